The van der Waals surface area contributed by atoms with Crippen LogP contribution in [0.2, 0.25) is 0 Å². The molecule has 1 aliphatic rings. The van der Waals surface area contributed by atoms with Gasteiger partial charge in [-0.1, -0.05) is 0 Å². The summed E-state index contributed by atoms with van der Waals surface area (Å²) in [7, 11) is 0. The van der Waals surface area contributed by atoms with E-state index in [-0.39, 0.29) is 16.5 Å². The molecule has 81 valence electrons. The molecule has 0 N–H and O–H groups in total. The fourth-order valence-electron chi connectivity index (χ4n) is 1.37. The summed E-state index contributed by atoms with van der Waals surface area (Å²) in [4.78, 5) is 34.0. The average molecular weight is 273 g/mol. The minimum absolute atomic E-state index is 0.0602. The summed E-state index contributed by atoms with van der Waals surface area (Å²) in [6, 6.07) is 0. The molecule has 0 aromatic heterocycles. The van der Waals surface area contributed by atoms with Crippen LogP contribution in [0.15, 0.2) is 12.2 Å². The number of carbonyl (C=O) groups is 3. The van der Waals surface area contributed by atoms with Crippen molar-refractivity contribution in [3.63, 3.8) is 0 Å². The number of unbranched alkanes of at least 4 members (excludes halogenated alkanes) is 2. The second-order valence-corrected chi connectivity index (χ2v) is 4.30. The van der Waals surface area contributed by atoms with E-state index < -0.39 is 0 Å². The molecule has 15 heavy (non-hydrogen) atoms. The quantitative estimate of drug-likeness (QED) is 0.394. The normalized spacial score (nSPS) is 15.1. The number of hydrogen-bond donors (Lipinski definition) is 0. The van der Waals surface area contributed by atoms with Gasteiger partial charge in [-0.15, -0.1) is 0 Å². The van der Waals surface area contributed by atoms with E-state index in [0.29, 0.717) is 13.0 Å². The number of nitrogens with zero attached hydrogens (tertiary/aromatic N) is 1. The monoisotopic (exact) mass is 274 g/mol. The van der Waals surface area contributed by atoms with Crippen molar-refractivity contribution in [3.05, 3.63) is 12.2 Å². The topological polar surface area (TPSA) is 54.5 Å². The van der Waals surface area contributed by atoms with Crippen molar-refractivity contribution in [1.82, 2.24) is 4.90 Å². The Balaban J connectivity index is 2.13. The molecule has 0 fully saturated rings. The maximum absolute atomic E-state index is 11.1. The Morgan fingerprint density at radius 3 is 2.27 bits per heavy atom. The predicted molar refractivity (Wildman–Crippen MR) is 55.1 cm³/mol. The van der Waals surface area contributed by atoms with Crippen LogP contribution in [0, 0.1) is 0 Å². The Labute approximate surface area is 96.5 Å². The summed E-state index contributed by atoms with van der Waals surface area (Å²) >= 11 is 2.42. The summed E-state index contributed by atoms with van der Waals surface area (Å²) < 4.78 is 0.0602. The van der Waals surface area contributed by atoms with Crippen LogP contribution in [0.25, 0.3) is 0 Å². The second kappa shape index (κ2) is 5.83. The van der Waals surface area contributed by atoms with Crippen molar-refractivity contribution in [3.8, 4) is 0 Å². The van der Waals surface area contributed by atoms with E-state index in [1.54, 1.807) is 0 Å². The van der Waals surface area contributed by atoms with Gasteiger partial charge in [0.15, 0.2) is 0 Å². The summed E-state index contributed by atoms with van der Waals surface area (Å²) in [6.45, 7) is 0.451. The molecular weight excluding hydrogens is 261 g/mol. The third-order valence-electron chi connectivity index (χ3n) is 2.16. The van der Waals surface area contributed by atoms with Gasteiger partial charge < -0.3 is 0 Å². The molecule has 1 rings (SSSR count). The molecule has 4 nitrogen and oxygen atoms in total. The van der Waals surface area contributed by atoms with Crippen LogP contribution in [-0.4, -0.2) is 44.0 Å². The number of carbonyl (C=O) groups excluding carboxylic acids is 3. The molecule has 1 heterocycles. The fraction of sp³-hybridized carbons (Fsp3) is 0.500. The van der Waals surface area contributed by atoms with Gasteiger partial charge in [0, 0.05) is 0 Å². The van der Waals surface area contributed by atoms with E-state index in [9.17, 15) is 14.4 Å². The molecule has 0 bridgehead atoms. The molecule has 2 amide bonds. The van der Waals surface area contributed by atoms with E-state index in [4.69, 9.17) is 0 Å². The van der Waals surface area contributed by atoms with Gasteiger partial charge >= 0.3 is 96.2 Å². The molecule has 0 aliphatic carbocycles. The van der Waals surface area contributed by atoms with Crippen molar-refractivity contribution in [2.45, 2.75) is 25.7 Å². The van der Waals surface area contributed by atoms with Gasteiger partial charge in [0.1, 0.15) is 0 Å². The Morgan fingerprint density at radius 1 is 1.13 bits per heavy atom. The van der Waals surface area contributed by atoms with Gasteiger partial charge in [-0.3, -0.25) is 0 Å². The van der Waals surface area contributed by atoms with Crippen molar-refractivity contribution in [2.75, 3.05) is 6.54 Å². The van der Waals surface area contributed by atoms with Crippen LogP contribution in [0.1, 0.15) is 25.7 Å². The number of imide groups is 1. The molecule has 0 aromatic rings. The van der Waals surface area contributed by atoms with E-state index in [2.05, 4.69) is 16.0 Å². The molecule has 5 heteroatoms. The van der Waals surface area contributed by atoms with E-state index in [1.807, 2.05) is 0 Å². The fourth-order valence-corrected chi connectivity index (χ4v) is 1.67. The summed E-state index contributed by atoms with van der Waals surface area (Å²) in [5.74, 6) is -0.472. The predicted octanol–water partition coefficient (Wildman–Crippen LogP) is 0.167. The number of hydrogen-bond acceptors (Lipinski definition) is 3. The third-order valence-corrected chi connectivity index (χ3v) is 2.59. The third kappa shape index (κ3) is 3.98. The maximum atomic E-state index is 11.1. The summed E-state index contributed by atoms with van der Waals surface area (Å²) in [5.41, 5.74) is 0. The molecule has 0 unspecified atom stereocenters. The average Bonchev–Trinajstić information content (AvgIpc) is 2.47. The molecule has 0 atom stereocenters. The van der Waals surface area contributed by atoms with Crippen LogP contribution >= 0.6 is 0 Å². The molecule has 1 radical (unpaired) electrons. The first-order valence-electron chi connectivity index (χ1n) is 4.84. The SMILES string of the molecule is O=C([Se])CCCCCN1C(=O)C=CC1=O. The van der Waals surface area contributed by atoms with Gasteiger partial charge in [-0.25, -0.2) is 0 Å². The molecular formula is C10H12NO3Se. The first kappa shape index (κ1) is 12.1. The molecule has 0 spiro atoms. The van der Waals surface area contributed by atoms with Crippen LogP contribution in [0.4, 0.5) is 0 Å². The van der Waals surface area contributed by atoms with Gasteiger partial charge in [0.2, 0.25) is 0 Å². The van der Waals surface area contributed by atoms with Crippen LogP contribution < -0.4 is 0 Å². The van der Waals surface area contributed by atoms with E-state index in [0.717, 1.165) is 19.3 Å². The summed E-state index contributed by atoms with van der Waals surface area (Å²) in [5, 5.41) is 0. The van der Waals surface area contributed by atoms with Gasteiger partial charge in [-0.2, -0.15) is 0 Å². The van der Waals surface area contributed by atoms with Crippen molar-refractivity contribution >= 4 is 32.5 Å². The minimum atomic E-state index is -0.236. The molecule has 0 saturated carbocycles. The van der Waals surface area contributed by atoms with Gasteiger partial charge in [0.05, 0.1) is 0 Å². The zero-order chi connectivity index (χ0) is 11.3. The van der Waals surface area contributed by atoms with Crippen molar-refractivity contribution in [2.24, 2.45) is 0 Å². The molecule has 0 aromatic carbocycles. The Bertz CT molecular complexity index is 294. The van der Waals surface area contributed by atoms with E-state index >= 15 is 0 Å². The number of amides is 2. The summed E-state index contributed by atoms with van der Waals surface area (Å²) in [6.07, 6.45) is 5.51. The zero-order valence-corrected chi connectivity index (χ0v) is 9.98. The van der Waals surface area contributed by atoms with E-state index in [1.165, 1.54) is 17.1 Å². The van der Waals surface area contributed by atoms with Gasteiger partial charge in [-0.05, 0) is 0 Å². The second-order valence-electron chi connectivity index (χ2n) is 3.34. The van der Waals surface area contributed by atoms with Crippen LogP contribution in [0.5, 0.6) is 0 Å². The van der Waals surface area contributed by atoms with Crippen LogP contribution in [-0.2, 0) is 14.4 Å². The standard InChI is InChI=1S/C10H12NO3Se/c12-8-5-6-9(13)11(8)7-3-1-2-4-10(14)15/h5-6H,1-4,7H2. The van der Waals surface area contributed by atoms with Crippen LogP contribution in [0.3, 0.4) is 0 Å². The molecule has 0 saturated heterocycles. The Morgan fingerprint density at radius 2 is 1.73 bits per heavy atom. The van der Waals surface area contributed by atoms with Crippen molar-refractivity contribution in [1.29, 1.82) is 0 Å². The Hall–Kier alpha value is -0.931. The molecule has 1 aliphatic heterocycles. The Kier molecular flexibility index (Phi) is 4.72. The van der Waals surface area contributed by atoms with Gasteiger partial charge in [0.25, 0.3) is 0 Å². The first-order chi connectivity index (χ1) is 7.11. The van der Waals surface area contributed by atoms with Crippen molar-refractivity contribution < 1.29 is 14.4 Å². The first-order valence-corrected chi connectivity index (χ1v) is 5.70. The number of rotatable bonds is 6. The zero-order valence-electron chi connectivity index (χ0n) is 8.27.